The number of likely N-dealkylation sites (tertiary alicyclic amines) is 2. The van der Waals surface area contributed by atoms with Crippen molar-refractivity contribution in [3.63, 3.8) is 0 Å². The topological polar surface area (TPSA) is 204 Å². The predicted octanol–water partition coefficient (Wildman–Crippen LogP) is 5.83. The Morgan fingerprint density at radius 3 is 2.19 bits per heavy atom. The molecule has 0 radical (unpaired) electrons. The zero-order chi connectivity index (χ0) is 44.3. The number of fused-ring (bicyclic) bond motifs is 2. The van der Waals surface area contributed by atoms with Crippen molar-refractivity contribution < 1.29 is 38.6 Å². The summed E-state index contributed by atoms with van der Waals surface area (Å²) < 4.78 is 12.3. The first-order chi connectivity index (χ1) is 29.5. The molecule has 62 heavy (non-hydrogen) atoms. The molecule has 0 aliphatic carbocycles. The lowest BCUT2D eigenvalue weighted by atomic mass is 9.83. The van der Waals surface area contributed by atoms with E-state index in [1.807, 2.05) is 39.0 Å². The van der Waals surface area contributed by atoms with Gasteiger partial charge >= 0.3 is 18.2 Å². The number of carbonyl (C=O) groups excluding carboxylic acids is 5. The molecule has 7 rings (SSSR count). The molecule has 2 atom stereocenters. The molecule has 17 nitrogen and oxygen atoms in total. The third-order valence-electron chi connectivity index (χ3n) is 12.1. The number of hydrogen-bond donors (Lipinski definition) is 3. The maximum absolute atomic E-state index is 15.4. The number of rotatable bonds is 9. The summed E-state index contributed by atoms with van der Waals surface area (Å²) in [6, 6.07) is 7.80. The van der Waals surface area contributed by atoms with Crippen molar-refractivity contribution in [3.8, 4) is 5.75 Å². The zero-order valence-electron chi connectivity index (χ0n) is 35.1. The van der Waals surface area contributed by atoms with Crippen molar-refractivity contribution in [1.29, 1.82) is 0 Å². The molecule has 3 saturated heterocycles. The molecule has 4 N–H and O–H groups in total. The number of piperidine rings is 2. The minimum atomic E-state index is -1.29. The van der Waals surface area contributed by atoms with Gasteiger partial charge in [0.2, 0.25) is 11.8 Å². The number of nitrogens with two attached hydrogens (primary N) is 1. The average molecular weight is 984 g/mol. The highest BCUT2D eigenvalue weighted by molar-refractivity contribution is 9.11. The molecule has 4 aliphatic rings. The van der Waals surface area contributed by atoms with Gasteiger partial charge in [-0.15, -0.1) is 0 Å². The van der Waals surface area contributed by atoms with Gasteiger partial charge in [0.25, 0.3) is 0 Å². The molecule has 0 bridgehead atoms. The van der Waals surface area contributed by atoms with E-state index < -0.39 is 47.4 Å². The van der Waals surface area contributed by atoms with E-state index in [9.17, 15) is 19.5 Å². The fourth-order valence-corrected chi connectivity index (χ4v) is 10.2. The van der Waals surface area contributed by atoms with Gasteiger partial charge in [0.1, 0.15) is 34.9 Å². The summed E-state index contributed by atoms with van der Waals surface area (Å²) in [6.07, 6.45) is 5.72. The minimum Gasteiger partial charge on any atom is -0.506 e. The van der Waals surface area contributed by atoms with E-state index in [0.29, 0.717) is 78.0 Å². The molecular weight excluding hydrogens is 930 g/mol. The first kappa shape index (κ1) is 44.9. The number of aromatic nitrogens is 2. The predicted molar refractivity (Wildman–Crippen MR) is 236 cm³/mol. The lowest BCUT2D eigenvalue weighted by Gasteiger charge is -2.47. The van der Waals surface area contributed by atoms with Crippen LogP contribution in [0.5, 0.6) is 5.75 Å². The van der Waals surface area contributed by atoms with Gasteiger partial charge in [-0.25, -0.2) is 19.4 Å². The number of aromatic hydroxyl groups is 1. The van der Waals surface area contributed by atoms with Gasteiger partial charge in [-0.1, -0.05) is 0 Å². The van der Waals surface area contributed by atoms with Crippen molar-refractivity contribution >= 4 is 73.4 Å². The second kappa shape index (κ2) is 18.7. The Morgan fingerprint density at radius 1 is 0.935 bits per heavy atom. The Morgan fingerprint density at radius 2 is 1.58 bits per heavy atom. The fraction of sp³-hybridized carbons (Fsp3) is 0.512. The Bertz CT molecular complexity index is 2130. The van der Waals surface area contributed by atoms with Crippen LogP contribution in [0.2, 0.25) is 0 Å². The van der Waals surface area contributed by atoms with Crippen LogP contribution >= 0.6 is 31.9 Å². The molecule has 3 fully saturated rings. The highest BCUT2D eigenvalue weighted by Gasteiger charge is 2.49. The van der Waals surface area contributed by atoms with E-state index in [-0.39, 0.29) is 56.3 Å². The summed E-state index contributed by atoms with van der Waals surface area (Å²) in [4.78, 5) is 87.4. The maximum atomic E-state index is 15.4. The van der Waals surface area contributed by atoms with E-state index in [1.54, 1.807) is 51.5 Å². The number of carbonyl (C=O) groups is 5. The molecule has 6 amide bonds. The quantitative estimate of drug-likeness (QED) is 0.233. The standard InChI is InChI=1S/C43H53Br2N9O8/c1-42(2,3)62-41(60)53-15-8-27(9-16-53)25-34(38(57)51-21-19-50(20-22-51)29-6-13-47-14-7-29)54(33(36(46)56)26-28-23-31(44)35(55)32(45)24-28)40(59)52-17-10-43(11-18-52)30-5-4-12-48-37(30)49-39(58)61-43/h4-7,12-14,23-24,27,33-34,55H,8-11,15-22,25-26H2,1-3H3,(H2,46,56)(H,48,49,58)/t33-,34+/m1/s1. The van der Waals surface area contributed by atoms with Crippen LogP contribution in [0.25, 0.3) is 0 Å². The Kier molecular flexibility index (Phi) is 13.5. The SMILES string of the molecule is CC(C)(C)OC(=O)N1CCC(C[C@@H](C(=O)N2CCN(c3ccncc3)CC2)N(C(=O)N2CCC3(CC2)OC(=O)Nc2ncccc23)[C@H](Cc2cc(Br)c(O)c(Br)c2)C(N)=O)CC1. The number of nitrogens with zero attached hydrogens (tertiary/aromatic N) is 7. The zero-order valence-corrected chi connectivity index (χ0v) is 38.3. The highest BCUT2D eigenvalue weighted by atomic mass is 79.9. The highest BCUT2D eigenvalue weighted by Crippen LogP contribution is 2.43. The molecule has 1 spiro atoms. The summed E-state index contributed by atoms with van der Waals surface area (Å²) >= 11 is 6.78. The Hall–Kier alpha value is -5.17. The van der Waals surface area contributed by atoms with Crippen molar-refractivity contribution in [3.05, 3.63) is 75.1 Å². The van der Waals surface area contributed by atoms with Crippen LogP contribution in [0.4, 0.5) is 25.9 Å². The Balaban J connectivity index is 1.22. The molecule has 0 unspecified atom stereocenters. The summed E-state index contributed by atoms with van der Waals surface area (Å²) in [5.74, 6) is -0.852. The number of piperazine rings is 1. The van der Waals surface area contributed by atoms with Crippen LogP contribution in [0.3, 0.4) is 0 Å². The van der Waals surface area contributed by atoms with E-state index in [0.717, 1.165) is 5.69 Å². The van der Waals surface area contributed by atoms with E-state index in [2.05, 4.69) is 52.0 Å². The monoisotopic (exact) mass is 981 g/mol. The Labute approximate surface area is 377 Å². The number of urea groups is 1. The number of hydrogen-bond acceptors (Lipinski definition) is 11. The van der Waals surface area contributed by atoms with Crippen molar-refractivity contribution in [2.75, 3.05) is 62.6 Å². The summed E-state index contributed by atoms with van der Waals surface area (Å²) in [7, 11) is 0. The number of pyridine rings is 2. The van der Waals surface area contributed by atoms with Gasteiger partial charge in [0, 0.05) is 101 Å². The van der Waals surface area contributed by atoms with E-state index >= 15 is 9.59 Å². The van der Waals surface area contributed by atoms with Crippen molar-refractivity contribution in [2.24, 2.45) is 11.7 Å². The van der Waals surface area contributed by atoms with Gasteiger partial charge < -0.3 is 44.8 Å². The van der Waals surface area contributed by atoms with Crippen molar-refractivity contribution in [1.82, 2.24) is 29.6 Å². The molecule has 332 valence electrons. The lowest BCUT2D eigenvalue weighted by molar-refractivity contribution is -0.139. The number of benzene rings is 1. The normalized spacial score (nSPS) is 18.9. The number of halogens is 2. The number of phenols is 1. The van der Waals surface area contributed by atoms with Gasteiger partial charge in [-0.3, -0.25) is 19.9 Å². The van der Waals surface area contributed by atoms with Crippen molar-refractivity contribution in [2.45, 2.75) is 82.6 Å². The number of phenolic OH excluding ortho intramolecular Hbond substituents is 1. The van der Waals surface area contributed by atoms with Gasteiger partial charge in [0.15, 0.2) is 0 Å². The van der Waals surface area contributed by atoms with Crippen LogP contribution in [0.15, 0.2) is 63.9 Å². The lowest BCUT2D eigenvalue weighted by Crippen LogP contribution is -2.64. The number of primary amides is 1. The third-order valence-corrected chi connectivity index (χ3v) is 13.3. The number of nitrogens with one attached hydrogen (secondary N) is 1. The number of amides is 6. The molecule has 6 heterocycles. The molecule has 19 heteroatoms. The second-order valence-corrected chi connectivity index (χ2v) is 19.0. The first-order valence-corrected chi connectivity index (χ1v) is 22.5. The summed E-state index contributed by atoms with van der Waals surface area (Å²) in [6.45, 7) is 8.34. The average Bonchev–Trinajstić information content (AvgIpc) is 3.24. The summed E-state index contributed by atoms with van der Waals surface area (Å²) in [5, 5.41) is 13.2. The fourth-order valence-electron chi connectivity index (χ4n) is 8.88. The molecule has 4 aliphatic heterocycles. The molecule has 3 aromatic rings. The van der Waals surface area contributed by atoms with Crippen LogP contribution in [0, 0.1) is 5.92 Å². The second-order valence-electron chi connectivity index (χ2n) is 17.3. The van der Waals surface area contributed by atoms with Crippen LogP contribution < -0.4 is 16.0 Å². The van der Waals surface area contributed by atoms with Crippen LogP contribution in [-0.4, -0.2) is 135 Å². The van der Waals surface area contributed by atoms with E-state index in [1.165, 1.54) is 4.90 Å². The largest absolute Gasteiger partial charge is 0.506 e. The number of anilines is 2. The van der Waals surface area contributed by atoms with Gasteiger partial charge in [0.05, 0.1) is 8.95 Å². The van der Waals surface area contributed by atoms with Crippen LogP contribution in [0.1, 0.15) is 64.0 Å². The maximum Gasteiger partial charge on any atom is 0.413 e. The van der Waals surface area contributed by atoms with E-state index in [4.69, 9.17) is 15.2 Å². The third kappa shape index (κ3) is 10.0. The molecular formula is C43H53Br2N9O8. The minimum absolute atomic E-state index is 0.0355. The smallest absolute Gasteiger partial charge is 0.413 e. The first-order valence-electron chi connectivity index (χ1n) is 20.9. The number of ether oxygens (including phenoxy) is 2. The molecule has 0 saturated carbocycles. The summed E-state index contributed by atoms with van der Waals surface area (Å²) in [5.41, 5.74) is 6.85. The van der Waals surface area contributed by atoms with Gasteiger partial charge in [-0.2, -0.15) is 0 Å². The van der Waals surface area contributed by atoms with Crippen LogP contribution in [-0.2, 0) is 31.1 Å². The molecule has 2 aromatic heterocycles. The van der Waals surface area contributed by atoms with Gasteiger partial charge in [-0.05, 0) is 120 Å². The molecule has 1 aromatic carbocycles.